The first-order valence-corrected chi connectivity index (χ1v) is 3.83. The summed E-state index contributed by atoms with van der Waals surface area (Å²) >= 11 is 0. The summed E-state index contributed by atoms with van der Waals surface area (Å²) in [5.41, 5.74) is 1.24. The molecule has 0 radical (unpaired) electrons. The zero-order chi connectivity index (χ0) is 9.68. The van der Waals surface area contributed by atoms with Crippen LogP contribution in [0.2, 0.25) is 0 Å². The summed E-state index contributed by atoms with van der Waals surface area (Å²) in [5.74, 6) is 0.775. The lowest BCUT2D eigenvalue weighted by molar-refractivity contribution is 0.415. The molecule has 0 aliphatic rings. The van der Waals surface area contributed by atoms with Crippen LogP contribution in [0.15, 0.2) is 29.3 Å². The fraction of sp³-hybridized carbons (Fsp3) is 0.200. The maximum absolute atomic E-state index is 8.69. The Morgan fingerprint density at radius 2 is 2.00 bits per heavy atom. The maximum atomic E-state index is 8.69. The van der Waals surface area contributed by atoms with E-state index < -0.39 is 0 Å². The van der Waals surface area contributed by atoms with Crippen LogP contribution < -0.4 is 4.74 Å². The van der Waals surface area contributed by atoms with Gasteiger partial charge in [0.25, 0.3) is 0 Å². The minimum Gasteiger partial charge on any atom is -0.497 e. The molecule has 66 valence electrons. The van der Waals surface area contributed by atoms with Crippen molar-refractivity contribution in [1.29, 1.82) is 5.26 Å². The minimum atomic E-state index is 0.433. The molecule has 0 saturated heterocycles. The Morgan fingerprint density at radius 3 is 2.38 bits per heavy atom. The van der Waals surface area contributed by atoms with Gasteiger partial charge in [0.2, 0.25) is 0 Å². The van der Waals surface area contributed by atoms with Gasteiger partial charge in [-0.2, -0.15) is 5.26 Å². The second-order valence-corrected chi connectivity index (χ2v) is 2.41. The Morgan fingerprint density at radius 1 is 1.38 bits per heavy atom. The number of methoxy groups -OCH3 is 1. The van der Waals surface area contributed by atoms with Gasteiger partial charge in [-0.1, -0.05) is 0 Å². The highest BCUT2D eigenvalue weighted by atomic mass is 16.5. The van der Waals surface area contributed by atoms with Gasteiger partial charge >= 0.3 is 0 Å². The third-order valence-electron chi connectivity index (χ3n) is 1.69. The Balaban J connectivity index is 3.00. The van der Waals surface area contributed by atoms with E-state index in [1.807, 2.05) is 18.2 Å². The standard InChI is InChI=1S/C10H10N2O/c1-12-10(7-11)8-3-5-9(13-2)6-4-8/h3-6H,1-2H3. The first kappa shape index (κ1) is 9.27. The highest BCUT2D eigenvalue weighted by Gasteiger charge is 2.00. The van der Waals surface area contributed by atoms with Crippen LogP contribution in [0, 0.1) is 11.3 Å². The van der Waals surface area contributed by atoms with Gasteiger partial charge in [-0.25, -0.2) is 0 Å². The summed E-state index contributed by atoms with van der Waals surface area (Å²) in [5, 5.41) is 8.69. The minimum absolute atomic E-state index is 0.433. The van der Waals surface area contributed by atoms with Crippen molar-refractivity contribution in [2.24, 2.45) is 4.99 Å². The number of benzene rings is 1. The lowest BCUT2D eigenvalue weighted by Gasteiger charge is -2.00. The molecule has 0 heterocycles. The Labute approximate surface area is 77.3 Å². The van der Waals surface area contributed by atoms with Crippen molar-refractivity contribution >= 4 is 5.71 Å². The van der Waals surface area contributed by atoms with E-state index in [9.17, 15) is 0 Å². The SMILES string of the molecule is CN=C(C#N)c1ccc(OC)cc1. The summed E-state index contributed by atoms with van der Waals surface area (Å²) in [6.07, 6.45) is 0. The summed E-state index contributed by atoms with van der Waals surface area (Å²) < 4.78 is 4.99. The summed E-state index contributed by atoms with van der Waals surface area (Å²) in [6, 6.07) is 9.24. The van der Waals surface area contributed by atoms with Crippen LogP contribution in [0.25, 0.3) is 0 Å². The first-order valence-electron chi connectivity index (χ1n) is 3.83. The normalized spacial score (nSPS) is 10.7. The van der Waals surface area contributed by atoms with Crippen LogP contribution in [0.1, 0.15) is 5.56 Å². The van der Waals surface area contributed by atoms with E-state index in [2.05, 4.69) is 4.99 Å². The van der Waals surface area contributed by atoms with E-state index >= 15 is 0 Å². The van der Waals surface area contributed by atoms with Crippen molar-refractivity contribution in [2.75, 3.05) is 14.2 Å². The van der Waals surface area contributed by atoms with E-state index in [0.29, 0.717) is 5.71 Å². The summed E-state index contributed by atoms with van der Waals surface area (Å²) in [6.45, 7) is 0. The van der Waals surface area contributed by atoms with Crippen LogP contribution in [0.3, 0.4) is 0 Å². The van der Waals surface area contributed by atoms with E-state index in [0.717, 1.165) is 11.3 Å². The zero-order valence-electron chi connectivity index (χ0n) is 7.61. The smallest absolute Gasteiger partial charge is 0.142 e. The van der Waals surface area contributed by atoms with Crippen LogP contribution in [-0.4, -0.2) is 19.9 Å². The average molecular weight is 174 g/mol. The van der Waals surface area contributed by atoms with E-state index in [1.165, 1.54) is 0 Å². The van der Waals surface area contributed by atoms with Gasteiger partial charge in [-0.15, -0.1) is 0 Å². The molecule has 1 rings (SSSR count). The van der Waals surface area contributed by atoms with Crippen LogP contribution >= 0.6 is 0 Å². The lowest BCUT2D eigenvalue weighted by atomic mass is 10.1. The van der Waals surface area contributed by atoms with Crippen LogP contribution in [0.5, 0.6) is 5.75 Å². The highest BCUT2D eigenvalue weighted by molar-refractivity contribution is 6.11. The molecule has 0 unspecified atom stereocenters. The number of nitriles is 1. The van der Waals surface area contributed by atoms with Crippen molar-refractivity contribution in [2.45, 2.75) is 0 Å². The van der Waals surface area contributed by atoms with E-state index in [4.69, 9.17) is 10.00 Å². The van der Waals surface area contributed by atoms with Gasteiger partial charge in [0, 0.05) is 12.6 Å². The zero-order valence-corrected chi connectivity index (χ0v) is 7.61. The second-order valence-electron chi connectivity index (χ2n) is 2.41. The molecular formula is C10H10N2O. The molecule has 3 nitrogen and oxygen atoms in total. The molecular weight excluding hydrogens is 164 g/mol. The predicted octanol–water partition coefficient (Wildman–Crippen LogP) is 1.64. The van der Waals surface area contributed by atoms with Crippen LogP contribution in [0.4, 0.5) is 0 Å². The highest BCUT2D eigenvalue weighted by Crippen LogP contribution is 2.11. The molecule has 0 spiro atoms. The topological polar surface area (TPSA) is 45.4 Å². The number of hydrogen-bond donors (Lipinski definition) is 0. The van der Waals surface area contributed by atoms with Gasteiger partial charge in [-0.3, -0.25) is 4.99 Å². The van der Waals surface area contributed by atoms with E-state index in [-0.39, 0.29) is 0 Å². The maximum Gasteiger partial charge on any atom is 0.142 e. The fourth-order valence-corrected chi connectivity index (χ4v) is 0.993. The largest absolute Gasteiger partial charge is 0.497 e. The molecule has 0 bridgehead atoms. The molecule has 1 aromatic carbocycles. The van der Waals surface area contributed by atoms with Crippen LogP contribution in [-0.2, 0) is 0 Å². The van der Waals surface area contributed by atoms with E-state index in [1.54, 1.807) is 26.3 Å². The van der Waals surface area contributed by atoms with Gasteiger partial charge in [-0.05, 0) is 24.3 Å². The Kier molecular flexibility index (Phi) is 3.04. The molecule has 0 saturated carbocycles. The van der Waals surface area contributed by atoms with Crippen molar-refractivity contribution in [3.8, 4) is 11.8 Å². The van der Waals surface area contributed by atoms with Crippen molar-refractivity contribution in [3.63, 3.8) is 0 Å². The van der Waals surface area contributed by atoms with Gasteiger partial charge in [0.1, 0.15) is 17.5 Å². The molecule has 0 amide bonds. The number of aliphatic imine (C=N–C) groups is 1. The second kappa shape index (κ2) is 4.27. The van der Waals surface area contributed by atoms with Crippen molar-refractivity contribution in [3.05, 3.63) is 29.8 Å². The molecule has 13 heavy (non-hydrogen) atoms. The summed E-state index contributed by atoms with van der Waals surface area (Å²) in [7, 11) is 3.21. The van der Waals surface area contributed by atoms with Gasteiger partial charge in [0.15, 0.2) is 0 Å². The number of nitrogens with zero attached hydrogens (tertiary/aromatic N) is 2. The average Bonchev–Trinajstić information content (AvgIpc) is 2.21. The molecule has 0 aliphatic heterocycles. The molecule has 0 aliphatic carbocycles. The third kappa shape index (κ3) is 2.06. The number of hydrogen-bond acceptors (Lipinski definition) is 3. The van der Waals surface area contributed by atoms with Crippen molar-refractivity contribution in [1.82, 2.24) is 0 Å². The van der Waals surface area contributed by atoms with Gasteiger partial charge < -0.3 is 4.74 Å². The monoisotopic (exact) mass is 174 g/mol. The van der Waals surface area contributed by atoms with Crippen molar-refractivity contribution < 1.29 is 4.74 Å². The first-order chi connectivity index (χ1) is 6.31. The third-order valence-corrected chi connectivity index (χ3v) is 1.69. The Bertz CT molecular complexity index is 346. The number of rotatable bonds is 2. The predicted molar refractivity (Wildman–Crippen MR) is 51.1 cm³/mol. The molecule has 0 aromatic heterocycles. The molecule has 0 N–H and O–H groups in total. The fourth-order valence-electron chi connectivity index (χ4n) is 0.993. The molecule has 0 atom stereocenters. The lowest BCUT2D eigenvalue weighted by Crippen LogP contribution is -1.96. The Hall–Kier alpha value is -1.82. The molecule has 0 fully saturated rings. The molecule has 1 aromatic rings. The number of ether oxygens (including phenoxy) is 1. The van der Waals surface area contributed by atoms with Gasteiger partial charge in [0.05, 0.1) is 7.11 Å². The quantitative estimate of drug-likeness (QED) is 0.640. The summed E-state index contributed by atoms with van der Waals surface area (Å²) in [4.78, 5) is 3.85. The molecule has 3 heteroatoms.